The highest BCUT2D eigenvalue weighted by molar-refractivity contribution is 5.45. The van der Waals surface area contributed by atoms with Crippen molar-refractivity contribution in [1.82, 2.24) is 9.97 Å². The molecule has 2 rings (SSSR count). The molecule has 2 heterocycles. The molecule has 0 aromatic carbocycles. The fourth-order valence-electron chi connectivity index (χ4n) is 2.00. The van der Waals surface area contributed by atoms with Gasteiger partial charge in [0.2, 0.25) is 5.88 Å². The molecule has 0 aliphatic carbocycles. The normalized spacial score (nSPS) is 10.3. The van der Waals surface area contributed by atoms with Crippen molar-refractivity contribution in [3.63, 3.8) is 0 Å². The fraction of sp³-hybridized carbons (Fsp3) is 0.333. The van der Waals surface area contributed by atoms with Gasteiger partial charge in [0.05, 0.1) is 7.11 Å². The first-order valence-corrected chi connectivity index (χ1v) is 6.59. The van der Waals surface area contributed by atoms with Crippen LogP contribution in [0, 0.1) is 6.92 Å². The zero-order valence-corrected chi connectivity index (χ0v) is 12.0. The van der Waals surface area contributed by atoms with Crippen LogP contribution in [-0.4, -0.2) is 17.1 Å². The lowest BCUT2D eigenvalue weighted by atomic mass is 10.1. The summed E-state index contributed by atoms with van der Waals surface area (Å²) in [6, 6.07) is 5.63. The first-order valence-electron chi connectivity index (χ1n) is 6.59. The van der Waals surface area contributed by atoms with Crippen molar-refractivity contribution in [2.75, 3.05) is 12.4 Å². The van der Waals surface area contributed by atoms with Crippen LogP contribution in [0.2, 0.25) is 0 Å². The van der Waals surface area contributed by atoms with Gasteiger partial charge in [-0.2, -0.15) is 0 Å². The summed E-state index contributed by atoms with van der Waals surface area (Å²) in [5, 5.41) is 3.14. The Balaban J connectivity index is 2.12. The summed E-state index contributed by atoms with van der Waals surface area (Å²) in [6.45, 7) is 4.53. The average molecular weight is 273 g/mol. The number of aromatic nitrogens is 2. The Kier molecular flexibility index (Phi) is 4.40. The minimum absolute atomic E-state index is 0.0961. The first kappa shape index (κ1) is 14.1. The molecule has 0 aliphatic heterocycles. The van der Waals surface area contributed by atoms with Crippen molar-refractivity contribution < 1.29 is 4.74 Å². The topological polar surface area (TPSA) is 67.0 Å². The lowest BCUT2D eigenvalue weighted by molar-refractivity contribution is 0.397. The second-order valence-electron chi connectivity index (χ2n) is 4.58. The largest absolute Gasteiger partial charge is 0.481 e. The second kappa shape index (κ2) is 6.23. The number of hydrogen-bond donors (Lipinski definition) is 2. The predicted octanol–water partition coefficient (Wildman–Crippen LogP) is 2.26. The molecule has 0 bridgehead atoms. The number of nitrogens with zero attached hydrogens (tertiary/aromatic N) is 1. The van der Waals surface area contributed by atoms with E-state index in [-0.39, 0.29) is 5.56 Å². The van der Waals surface area contributed by atoms with Gasteiger partial charge in [-0.15, -0.1) is 0 Å². The van der Waals surface area contributed by atoms with Gasteiger partial charge in [0.15, 0.2) is 0 Å². The maximum absolute atomic E-state index is 11.9. The third-order valence-electron chi connectivity index (χ3n) is 3.22. The summed E-state index contributed by atoms with van der Waals surface area (Å²) in [5.41, 5.74) is 3.54. The van der Waals surface area contributed by atoms with Crippen LogP contribution >= 0.6 is 0 Å². The van der Waals surface area contributed by atoms with Gasteiger partial charge in [-0.05, 0) is 30.5 Å². The smallest absolute Gasteiger partial charge is 0.271 e. The van der Waals surface area contributed by atoms with Crippen molar-refractivity contribution in [1.29, 1.82) is 0 Å². The molecule has 106 valence electrons. The molecule has 2 aromatic rings. The van der Waals surface area contributed by atoms with Crippen molar-refractivity contribution >= 4 is 5.69 Å². The SMILES string of the molecule is CCc1cc(NCc2ccc(OC)nc2)c(=O)[nH]c1C. The van der Waals surface area contributed by atoms with E-state index in [0.717, 1.165) is 23.2 Å². The second-order valence-corrected chi connectivity index (χ2v) is 4.58. The van der Waals surface area contributed by atoms with Crippen LogP contribution < -0.4 is 15.6 Å². The van der Waals surface area contributed by atoms with Crippen molar-refractivity contribution in [2.24, 2.45) is 0 Å². The van der Waals surface area contributed by atoms with Crippen LogP contribution in [0.4, 0.5) is 5.69 Å². The minimum atomic E-state index is -0.0961. The van der Waals surface area contributed by atoms with E-state index in [4.69, 9.17) is 4.74 Å². The number of pyridine rings is 2. The van der Waals surface area contributed by atoms with Gasteiger partial charge >= 0.3 is 0 Å². The summed E-state index contributed by atoms with van der Waals surface area (Å²) in [7, 11) is 1.58. The zero-order chi connectivity index (χ0) is 14.5. The Bertz CT molecular complexity index is 633. The highest BCUT2D eigenvalue weighted by Gasteiger charge is 2.04. The minimum Gasteiger partial charge on any atom is -0.481 e. The highest BCUT2D eigenvalue weighted by atomic mass is 16.5. The van der Waals surface area contributed by atoms with Crippen LogP contribution in [0.3, 0.4) is 0 Å². The Morgan fingerprint density at radius 1 is 1.40 bits per heavy atom. The average Bonchev–Trinajstić information content (AvgIpc) is 2.47. The Labute approximate surface area is 118 Å². The lowest BCUT2D eigenvalue weighted by Crippen LogP contribution is -2.16. The number of rotatable bonds is 5. The first-order chi connectivity index (χ1) is 9.63. The lowest BCUT2D eigenvalue weighted by Gasteiger charge is -2.09. The van der Waals surface area contributed by atoms with Crippen molar-refractivity contribution in [2.45, 2.75) is 26.8 Å². The predicted molar refractivity (Wildman–Crippen MR) is 79.3 cm³/mol. The third-order valence-corrected chi connectivity index (χ3v) is 3.22. The van der Waals surface area contributed by atoms with Crippen LogP contribution in [0.1, 0.15) is 23.7 Å². The van der Waals surface area contributed by atoms with E-state index in [9.17, 15) is 4.79 Å². The Morgan fingerprint density at radius 2 is 2.20 bits per heavy atom. The molecule has 0 amide bonds. The molecular weight excluding hydrogens is 254 g/mol. The number of nitrogens with one attached hydrogen (secondary N) is 2. The number of H-pyrrole nitrogens is 1. The van der Waals surface area contributed by atoms with Gasteiger partial charge in [-0.3, -0.25) is 4.79 Å². The Hall–Kier alpha value is -2.30. The molecule has 0 saturated carbocycles. The molecule has 0 saturated heterocycles. The molecule has 2 N–H and O–H groups in total. The molecule has 0 atom stereocenters. The third kappa shape index (κ3) is 3.17. The van der Waals surface area contributed by atoms with Crippen LogP contribution in [-0.2, 0) is 13.0 Å². The van der Waals surface area contributed by atoms with Gasteiger partial charge in [0, 0.05) is 24.5 Å². The summed E-state index contributed by atoms with van der Waals surface area (Å²) < 4.78 is 5.01. The molecule has 0 radical (unpaired) electrons. The number of methoxy groups -OCH3 is 1. The van der Waals surface area contributed by atoms with E-state index < -0.39 is 0 Å². The molecule has 2 aromatic heterocycles. The monoisotopic (exact) mass is 273 g/mol. The molecular formula is C15H19N3O2. The zero-order valence-electron chi connectivity index (χ0n) is 12.0. The summed E-state index contributed by atoms with van der Waals surface area (Å²) in [6.07, 6.45) is 2.62. The van der Waals surface area contributed by atoms with Crippen LogP contribution in [0.15, 0.2) is 29.2 Å². The summed E-state index contributed by atoms with van der Waals surface area (Å²) in [4.78, 5) is 18.9. The quantitative estimate of drug-likeness (QED) is 0.877. The van der Waals surface area contributed by atoms with Gasteiger partial charge in [0.25, 0.3) is 5.56 Å². The van der Waals surface area contributed by atoms with E-state index in [1.165, 1.54) is 0 Å². The van der Waals surface area contributed by atoms with E-state index in [0.29, 0.717) is 18.1 Å². The number of hydrogen-bond acceptors (Lipinski definition) is 4. The molecule has 0 fully saturated rings. The number of anilines is 1. The molecule has 20 heavy (non-hydrogen) atoms. The molecule has 5 nitrogen and oxygen atoms in total. The summed E-state index contributed by atoms with van der Waals surface area (Å²) >= 11 is 0. The maximum atomic E-state index is 11.9. The van der Waals surface area contributed by atoms with E-state index in [1.54, 1.807) is 19.4 Å². The molecule has 0 spiro atoms. The summed E-state index contributed by atoms with van der Waals surface area (Å²) in [5.74, 6) is 0.579. The Morgan fingerprint density at radius 3 is 2.80 bits per heavy atom. The highest BCUT2D eigenvalue weighted by Crippen LogP contribution is 2.11. The number of ether oxygens (including phenoxy) is 1. The standard InChI is InChI=1S/C15H19N3O2/c1-4-12-7-13(15(19)18-10(12)2)16-8-11-5-6-14(20-3)17-9-11/h5-7,9,16H,4,8H2,1-3H3,(H,18,19). The van der Waals surface area contributed by atoms with E-state index in [2.05, 4.69) is 22.2 Å². The van der Waals surface area contributed by atoms with Crippen LogP contribution in [0.5, 0.6) is 5.88 Å². The van der Waals surface area contributed by atoms with E-state index in [1.807, 2.05) is 19.1 Å². The van der Waals surface area contributed by atoms with Crippen molar-refractivity contribution in [3.05, 3.63) is 51.6 Å². The van der Waals surface area contributed by atoms with Gasteiger partial charge < -0.3 is 15.0 Å². The number of aromatic amines is 1. The molecule has 5 heteroatoms. The van der Waals surface area contributed by atoms with Gasteiger partial charge in [-0.25, -0.2) is 4.98 Å². The van der Waals surface area contributed by atoms with Crippen LogP contribution in [0.25, 0.3) is 0 Å². The number of aryl methyl sites for hydroxylation is 2. The van der Waals surface area contributed by atoms with Gasteiger partial charge in [-0.1, -0.05) is 13.0 Å². The molecule has 0 unspecified atom stereocenters. The van der Waals surface area contributed by atoms with Crippen molar-refractivity contribution in [3.8, 4) is 5.88 Å². The van der Waals surface area contributed by atoms with E-state index >= 15 is 0 Å². The molecule has 0 aliphatic rings. The fourth-order valence-corrected chi connectivity index (χ4v) is 2.00. The maximum Gasteiger partial charge on any atom is 0.271 e. The van der Waals surface area contributed by atoms with Gasteiger partial charge in [0.1, 0.15) is 5.69 Å².